The summed E-state index contributed by atoms with van der Waals surface area (Å²) >= 11 is 0. The number of amides is 2. The first kappa shape index (κ1) is 16.3. The summed E-state index contributed by atoms with van der Waals surface area (Å²) in [6, 6.07) is 13.5. The van der Waals surface area contributed by atoms with Gasteiger partial charge in [-0.1, -0.05) is 30.3 Å². The maximum absolute atomic E-state index is 12.8. The number of nitrogens with zero attached hydrogens (tertiary/aromatic N) is 1. The third kappa shape index (κ3) is 3.20. The van der Waals surface area contributed by atoms with Gasteiger partial charge in [-0.25, -0.2) is 0 Å². The number of carbonyl (C=O) groups is 2. The zero-order valence-electron chi connectivity index (χ0n) is 14.0. The van der Waals surface area contributed by atoms with E-state index in [-0.39, 0.29) is 11.8 Å². The zero-order chi connectivity index (χ0) is 17.2. The maximum atomic E-state index is 12.8. The van der Waals surface area contributed by atoms with Crippen LogP contribution in [0.2, 0.25) is 0 Å². The second-order valence-corrected chi connectivity index (χ2v) is 6.43. The molecule has 0 aliphatic carbocycles. The van der Waals surface area contributed by atoms with Gasteiger partial charge in [-0.3, -0.25) is 9.59 Å². The van der Waals surface area contributed by atoms with Crippen LogP contribution in [0.4, 0.5) is 0 Å². The van der Waals surface area contributed by atoms with Gasteiger partial charge in [-0.2, -0.15) is 0 Å². The van der Waals surface area contributed by atoms with Crippen molar-refractivity contribution in [3.8, 4) is 0 Å². The first-order valence-corrected chi connectivity index (χ1v) is 8.17. The number of hydrogen-bond donors (Lipinski definition) is 1. The Hall–Kier alpha value is -2.56. The fourth-order valence-corrected chi connectivity index (χ4v) is 3.09. The van der Waals surface area contributed by atoms with E-state index in [1.807, 2.05) is 56.3 Å². The van der Waals surface area contributed by atoms with Gasteiger partial charge in [0.2, 0.25) is 11.8 Å². The molecule has 1 unspecified atom stereocenters. The van der Waals surface area contributed by atoms with E-state index in [9.17, 15) is 9.59 Å². The van der Waals surface area contributed by atoms with E-state index in [2.05, 4.69) is 5.32 Å². The average Bonchev–Trinajstić information content (AvgIpc) is 3.12. The molecule has 0 bridgehead atoms. The van der Waals surface area contributed by atoms with Crippen molar-refractivity contribution in [3.63, 3.8) is 0 Å². The summed E-state index contributed by atoms with van der Waals surface area (Å²) in [5, 5.41) is 2.96. The molecule has 1 aromatic heterocycles. The Bertz CT molecular complexity index is 738. The summed E-state index contributed by atoms with van der Waals surface area (Å²) in [6.07, 6.45) is 0.904. The standard InChI is InChI=1S/C19H22N2O3/c1-14-8-9-16(24-14)13-21-17(22)10-11-19(21,2)18(23)20-12-15-6-4-3-5-7-15/h3-9H,10-13H2,1-2H3,(H,20,23). The van der Waals surface area contributed by atoms with Crippen molar-refractivity contribution in [1.29, 1.82) is 0 Å². The topological polar surface area (TPSA) is 62.6 Å². The predicted octanol–water partition coefficient (Wildman–Crippen LogP) is 2.79. The van der Waals surface area contributed by atoms with Gasteiger partial charge in [0.15, 0.2) is 0 Å². The molecule has 1 saturated heterocycles. The summed E-state index contributed by atoms with van der Waals surface area (Å²) in [5.41, 5.74) is 0.194. The first-order chi connectivity index (χ1) is 11.5. The number of benzene rings is 1. The Kier molecular flexibility index (Phi) is 4.42. The van der Waals surface area contributed by atoms with Crippen LogP contribution in [-0.4, -0.2) is 22.3 Å². The van der Waals surface area contributed by atoms with E-state index in [0.717, 1.165) is 11.3 Å². The van der Waals surface area contributed by atoms with E-state index in [4.69, 9.17) is 4.42 Å². The molecule has 2 heterocycles. The predicted molar refractivity (Wildman–Crippen MR) is 89.9 cm³/mol. The van der Waals surface area contributed by atoms with Gasteiger partial charge in [0, 0.05) is 13.0 Å². The zero-order valence-corrected chi connectivity index (χ0v) is 14.0. The minimum absolute atomic E-state index is 0.0126. The Labute approximate surface area is 141 Å². The van der Waals surface area contributed by atoms with E-state index < -0.39 is 5.54 Å². The minimum Gasteiger partial charge on any atom is -0.464 e. The number of nitrogens with one attached hydrogen (secondary N) is 1. The third-order valence-electron chi connectivity index (χ3n) is 4.62. The van der Waals surface area contributed by atoms with Crippen molar-refractivity contribution in [2.45, 2.75) is 45.3 Å². The second-order valence-electron chi connectivity index (χ2n) is 6.43. The molecule has 5 nitrogen and oxygen atoms in total. The van der Waals surface area contributed by atoms with Crippen LogP contribution in [0.15, 0.2) is 46.9 Å². The first-order valence-electron chi connectivity index (χ1n) is 8.17. The van der Waals surface area contributed by atoms with Crippen LogP contribution < -0.4 is 5.32 Å². The van der Waals surface area contributed by atoms with Gasteiger partial charge in [0.25, 0.3) is 0 Å². The van der Waals surface area contributed by atoms with Gasteiger partial charge in [-0.15, -0.1) is 0 Å². The Balaban J connectivity index is 1.71. The average molecular weight is 326 g/mol. The van der Waals surface area contributed by atoms with Crippen molar-refractivity contribution in [2.75, 3.05) is 0 Å². The smallest absolute Gasteiger partial charge is 0.245 e. The van der Waals surface area contributed by atoms with Gasteiger partial charge in [0.05, 0.1) is 6.54 Å². The quantitative estimate of drug-likeness (QED) is 0.919. The lowest BCUT2D eigenvalue weighted by molar-refractivity contribution is -0.141. The monoisotopic (exact) mass is 326 g/mol. The number of aryl methyl sites for hydroxylation is 1. The molecule has 1 N–H and O–H groups in total. The molecule has 24 heavy (non-hydrogen) atoms. The number of hydrogen-bond acceptors (Lipinski definition) is 3. The maximum Gasteiger partial charge on any atom is 0.245 e. The summed E-state index contributed by atoms with van der Waals surface area (Å²) in [6.45, 7) is 4.47. The van der Waals surface area contributed by atoms with Gasteiger partial charge >= 0.3 is 0 Å². The highest BCUT2D eigenvalue weighted by Gasteiger charge is 2.47. The highest BCUT2D eigenvalue weighted by molar-refractivity contribution is 5.94. The van der Waals surface area contributed by atoms with Gasteiger partial charge in [-0.05, 0) is 38.0 Å². The molecule has 3 rings (SSSR count). The van der Waals surface area contributed by atoms with Crippen molar-refractivity contribution in [3.05, 3.63) is 59.5 Å². The molecule has 126 valence electrons. The largest absolute Gasteiger partial charge is 0.464 e. The summed E-state index contributed by atoms with van der Waals surface area (Å²) in [7, 11) is 0. The molecule has 1 fully saturated rings. The van der Waals surface area contributed by atoms with Crippen molar-refractivity contribution < 1.29 is 14.0 Å². The van der Waals surface area contributed by atoms with Crippen molar-refractivity contribution in [1.82, 2.24) is 10.2 Å². The summed E-state index contributed by atoms with van der Waals surface area (Å²) in [4.78, 5) is 26.7. The Morgan fingerprint density at radius 3 is 2.67 bits per heavy atom. The SMILES string of the molecule is Cc1ccc(CN2C(=O)CCC2(C)C(=O)NCc2ccccc2)o1. The molecule has 2 amide bonds. The van der Waals surface area contributed by atoms with Crippen molar-refractivity contribution in [2.24, 2.45) is 0 Å². The number of rotatable bonds is 5. The van der Waals surface area contributed by atoms with E-state index in [1.54, 1.807) is 4.90 Å². The molecule has 0 saturated carbocycles. The third-order valence-corrected chi connectivity index (χ3v) is 4.62. The normalized spacial score (nSPS) is 20.4. The van der Waals surface area contributed by atoms with Gasteiger partial charge < -0.3 is 14.6 Å². The van der Waals surface area contributed by atoms with Crippen LogP contribution in [0.25, 0.3) is 0 Å². The van der Waals surface area contributed by atoms with Crippen LogP contribution >= 0.6 is 0 Å². The number of likely N-dealkylation sites (tertiary alicyclic amines) is 1. The number of furan rings is 1. The van der Waals surface area contributed by atoms with Crippen LogP contribution in [0, 0.1) is 6.92 Å². The highest BCUT2D eigenvalue weighted by Crippen LogP contribution is 2.32. The molecule has 1 aliphatic heterocycles. The molecule has 2 aromatic rings. The van der Waals surface area contributed by atoms with Crippen LogP contribution in [0.1, 0.15) is 36.8 Å². The highest BCUT2D eigenvalue weighted by atomic mass is 16.3. The molecule has 1 aliphatic rings. The lowest BCUT2D eigenvalue weighted by atomic mass is 9.97. The fourth-order valence-electron chi connectivity index (χ4n) is 3.09. The molecule has 0 spiro atoms. The van der Waals surface area contributed by atoms with Gasteiger partial charge in [0.1, 0.15) is 17.1 Å². The van der Waals surface area contributed by atoms with E-state index in [0.29, 0.717) is 31.7 Å². The molecule has 1 atom stereocenters. The van der Waals surface area contributed by atoms with Crippen LogP contribution in [0.3, 0.4) is 0 Å². The van der Waals surface area contributed by atoms with Crippen LogP contribution in [0.5, 0.6) is 0 Å². The molecular formula is C19H22N2O3. The molecule has 1 aromatic carbocycles. The van der Waals surface area contributed by atoms with Crippen LogP contribution in [-0.2, 0) is 22.7 Å². The Morgan fingerprint density at radius 1 is 1.25 bits per heavy atom. The fraction of sp³-hybridized carbons (Fsp3) is 0.368. The van der Waals surface area contributed by atoms with E-state index in [1.165, 1.54) is 0 Å². The summed E-state index contributed by atoms with van der Waals surface area (Å²) < 4.78 is 5.57. The summed E-state index contributed by atoms with van der Waals surface area (Å²) in [5.74, 6) is 1.36. The lowest BCUT2D eigenvalue weighted by Gasteiger charge is -2.33. The minimum atomic E-state index is -0.841. The second kappa shape index (κ2) is 6.51. The van der Waals surface area contributed by atoms with E-state index >= 15 is 0 Å². The Morgan fingerprint density at radius 2 is 2.00 bits per heavy atom. The number of carbonyl (C=O) groups excluding carboxylic acids is 2. The molecule has 5 heteroatoms. The lowest BCUT2D eigenvalue weighted by Crippen LogP contribution is -2.53. The van der Waals surface area contributed by atoms with Crippen molar-refractivity contribution >= 4 is 11.8 Å². The molecular weight excluding hydrogens is 304 g/mol. The molecule has 0 radical (unpaired) electrons.